The highest BCUT2D eigenvalue weighted by molar-refractivity contribution is 6.03. The van der Waals surface area contributed by atoms with Gasteiger partial charge in [-0.1, -0.05) is 97.1 Å². The lowest BCUT2D eigenvalue weighted by atomic mass is 9.52. The van der Waals surface area contributed by atoms with E-state index in [1.807, 2.05) is 91.0 Å². The van der Waals surface area contributed by atoms with E-state index in [-0.39, 0.29) is 29.2 Å². The Morgan fingerprint density at radius 2 is 1.21 bits per heavy atom. The summed E-state index contributed by atoms with van der Waals surface area (Å²) in [4.78, 5) is 37.4. The van der Waals surface area contributed by atoms with Crippen molar-refractivity contribution >= 4 is 17.3 Å². The molecule has 0 saturated heterocycles. The molecule has 0 amide bonds. The first-order valence-electron chi connectivity index (χ1n) is 11.2. The minimum Gasteiger partial charge on any atom is -0.295 e. The second-order valence-electron chi connectivity index (χ2n) is 8.81. The molecule has 0 radical (unpaired) electrons. The van der Waals surface area contributed by atoms with Crippen molar-refractivity contribution in [2.45, 2.75) is 19.3 Å². The van der Waals surface area contributed by atoms with E-state index in [2.05, 4.69) is 6.08 Å². The number of ketones is 3. The Kier molecular flexibility index (Phi) is 5.05. The maximum atomic E-state index is 13.5. The summed E-state index contributed by atoms with van der Waals surface area (Å²) < 4.78 is 0. The molecule has 0 heterocycles. The highest BCUT2D eigenvalue weighted by Gasteiger charge is 2.52. The van der Waals surface area contributed by atoms with Gasteiger partial charge in [-0.15, -0.1) is 0 Å². The van der Waals surface area contributed by atoms with Crippen molar-refractivity contribution in [3.8, 4) is 0 Å². The monoisotopic (exact) mass is 432 g/mol. The van der Waals surface area contributed by atoms with E-state index in [1.165, 1.54) is 0 Å². The summed E-state index contributed by atoms with van der Waals surface area (Å²) in [6.07, 6.45) is 8.06. The van der Waals surface area contributed by atoms with Gasteiger partial charge in [0.05, 0.1) is 5.41 Å². The number of Topliss-reactive ketones (excluding diaryl/α,β-unsaturated/α-hetero) is 3. The molecule has 33 heavy (non-hydrogen) atoms. The van der Waals surface area contributed by atoms with E-state index in [9.17, 15) is 14.4 Å². The van der Waals surface area contributed by atoms with Gasteiger partial charge in [0.25, 0.3) is 0 Å². The smallest absolute Gasteiger partial charge is 0.170 e. The standard InChI is InChI=1S/C30H24O3/c1-19(31)21-11-15-23(16-12-21)30(24-17-13-22(14-18-24)20(2)32)27-9-5-3-7-25(27)29(33)26-8-4-6-10-28(26)30/h3-18,25,27H,1-2H3. The molecule has 0 N–H and O–H groups in total. The molecule has 2 aliphatic rings. The van der Waals surface area contributed by atoms with Crippen LogP contribution in [0.1, 0.15) is 61.6 Å². The van der Waals surface area contributed by atoms with E-state index in [1.54, 1.807) is 13.8 Å². The Hall–Kier alpha value is -3.85. The van der Waals surface area contributed by atoms with E-state index >= 15 is 0 Å². The molecule has 2 unspecified atom stereocenters. The quantitative estimate of drug-likeness (QED) is 0.477. The normalized spacial score (nSPS) is 20.1. The van der Waals surface area contributed by atoms with Crippen LogP contribution in [0.15, 0.2) is 97.1 Å². The van der Waals surface area contributed by atoms with Crippen molar-refractivity contribution in [3.05, 3.63) is 130 Å². The summed E-state index contributed by atoms with van der Waals surface area (Å²) in [7, 11) is 0. The van der Waals surface area contributed by atoms with Crippen molar-refractivity contribution in [3.63, 3.8) is 0 Å². The molecule has 0 aromatic heterocycles. The SMILES string of the molecule is CC(=O)c1ccc(C2(c3ccc(C(C)=O)cc3)c3ccccc3C(=O)C3C=CC=CC32)cc1. The van der Waals surface area contributed by atoms with E-state index in [0.29, 0.717) is 16.7 Å². The summed E-state index contributed by atoms with van der Waals surface area (Å²) in [5.41, 5.74) is 4.33. The summed E-state index contributed by atoms with van der Waals surface area (Å²) in [6.45, 7) is 3.12. The summed E-state index contributed by atoms with van der Waals surface area (Å²) in [6, 6.07) is 23.3. The number of carbonyl (C=O) groups is 3. The molecule has 0 saturated carbocycles. The van der Waals surface area contributed by atoms with Gasteiger partial charge in [-0.2, -0.15) is 0 Å². The summed E-state index contributed by atoms with van der Waals surface area (Å²) in [5.74, 6) is -0.299. The zero-order valence-corrected chi connectivity index (χ0v) is 18.6. The van der Waals surface area contributed by atoms with Crippen LogP contribution in [-0.4, -0.2) is 17.3 Å². The second kappa shape index (κ2) is 7.93. The number of allylic oxidation sites excluding steroid dienone is 4. The van der Waals surface area contributed by atoms with E-state index in [0.717, 1.165) is 16.7 Å². The molecule has 3 nitrogen and oxygen atoms in total. The molecule has 2 atom stereocenters. The molecule has 162 valence electrons. The molecule has 0 aliphatic heterocycles. The van der Waals surface area contributed by atoms with Crippen molar-refractivity contribution < 1.29 is 14.4 Å². The largest absolute Gasteiger partial charge is 0.295 e. The summed E-state index contributed by atoms with van der Waals surface area (Å²) in [5, 5.41) is 0. The van der Waals surface area contributed by atoms with Crippen molar-refractivity contribution in [2.24, 2.45) is 11.8 Å². The lowest BCUT2D eigenvalue weighted by molar-refractivity contribution is 0.0881. The number of fused-ring (bicyclic) bond motifs is 2. The van der Waals surface area contributed by atoms with Gasteiger partial charge in [0, 0.05) is 28.5 Å². The van der Waals surface area contributed by atoms with Gasteiger partial charge >= 0.3 is 0 Å². The molecule has 0 bridgehead atoms. The van der Waals surface area contributed by atoms with Gasteiger partial charge in [-0.25, -0.2) is 0 Å². The Labute approximate surface area is 193 Å². The van der Waals surface area contributed by atoms with E-state index < -0.39 is 5.41 Å². The molecule has 0 spiro atoms. The average Bonchev–Trinajstić information content (AvgIpc) is 2.85. The first-order chi connectivity index (χ1) is 15.9. The van der Waals surface area contributed by atoms with Gasteiger partial charge in [0.1, 0.15) is 0 Å². The number of carbonyl (C=O) groups excluding carboxylic acids is 3. The molecule has 3 heteroatoms. The van der Waals surface area contributed by atoms with Crippen LogP contribution in [0.5, 0.6) is 0 Å². The van der Waals surface area contributed by atoms with Gasteiger partial charge in [0.15, 0.2) is 17.3 Å². The Balaban J connectivity index is 1.86. The highest BCUT2D eigenvalue weighted by atomic mass is 16.1. The van der Waals surface area contributed by atoms with Crippen LogP contribution < -0.4 is 0 Å². The lowest BCUT2D eigenvalue weighted by Gasteiger charge is -2.48. The maximum Gasteiger partial charge on any atom is 0.170 e. The van der Waals surface area contributed by atoms with Crippen molar-refractivity contribution in [1.29, 1.82) is 0 Å². The van der Waals surface area contributed by atoms with E-state index in [4.69, 9.17) is 0 Å². The number of benzene rings is 3. The van der Waals surface area contributed by atoms with Gasteiger partial charge in [-0.3, -0.25) is 14.4 Å². The number of hydrogen-bond donors (Lipinski definition) is 0. The predicted molar refractivity (Wildman–Crippen MR) is 129 cm³/mol. The van der Waals surface area contributed by atoms with Crippen LogP contribution in [0.3, 0.4) is 0 Å². The van der Waals surface area contributed by atoms with Crippen LogP contribution in [0, 0.1) is 11.8 Å². The first-order valence-corrected chi connectivity index (χ1v) is 11.2. The van der Waals surface area contributed by atoms with Crippen LogP contribution in [0.4, 0.5) is 0 Å². The topological polar surface area (TPSA) is 51.2 Å². The Morgan fingerprint density at radius 3 is 1.76 bits per heavy atom. The third-order valence-electron chi connectivity index (χ3n) is 7.05. The third kappa shape index (κ3) is 3.15. The molecular formula is C30H24O3. The van der Waals surface area contributed by atoms with Crippen molar-refractivity contribution in [1.82, 2.24) is 0 Å². The van der Waals surface area contributed by atoms with Crippen LogP contribution in [-0.2, 0) is 5.41 Å². The molecule has 2 aliphatic carbocycles. The Morgan fingerprint density at radius 1 is 0.697 bits per heavy atom. The summed E-state index contributed by atoms with van der Waals surface area (Å²) >= 11 is 0. The zero-order chi connectivity index (χ0) is 23.2. The zero-order valence-electron chi connectivity index (χ0n) is 18.6. The Bertz CT molecular complexity index is 1270. The molecule has 0 fully saturated rings. The fourth-order valence-corrected chi connectivity index (χ4v) is 5.47. The van der Waals surface area contributed by atoms with Crippen molar-refractivity contribution in [2.75, 3.05) is 0 Å². The van der Waals surface area contributed by atoms with Crippen LogP contribution in [0.2, 0.25) is 0 Å². The average molecular weight is 433 g/mol. The minimum atomic E-state index is -0.652. The van der Waals surface area contributed by atoms with Gasteiger partial charge in [0.2, 0.25) is 0 Å². The molecule has 3 aromatic carbocycles. The maximum absolute atomic E-state index is 13.5. The fraction of sp³-hybridized carbons (Fsp3) is 0.167. The second-order valence-corrected chi connectivity index (χ2v) is 8.81. The highest BCUT2D eigenvalue weighted by Crippen LogP contribution is 2.54. The predicted octanol–water partition coefficient (Wildman–Crippen LogP) is 5.98. The fourth-order valence-electron chi connectivity index (χ4n) is 5.47. The van der Waals surface area contributed by atoms with Crippen LogP contribution >= 0.6 is 0 Å². The number of rotatable bonds is 4. The van der Waals surface area contributed by atoms with Gasteiger partial charge in [-0.05, 0) is 30.5 Å². The number of hydrogen-bond acceptors (Lipinski definition) is 3. The minimum absolute atomic E-state index is 0.0130. The lowest BCUT2D eigenvalue weighted by Crippen LogP contribution is -2.48. The van der Waals surface area contributed by atoms with Gasteiger partial charge < -0.3 is 0 Å². The molecule has 5 rings (SSSR count). The molecular weight excluding hydrogens is 408 g/mol. The first kappa shape index (κ1) is 21.0. The third-order valence-corrected chi connectivity index (χ3v) is 7.05. The van der Waals surface area contributed by atoms with Crippen LogP contribution in [0.25, 0.3) is 0 Å². The molecule has 3 aromatic rings.